The van der Waals surface area contributed by atoms with Gasteiger partial charge in [-0.2, -0.15) is 5.10 Å². The van der Waals surface area contributed by atoms with Crippen LogP contribution in [-0.2, 0) is 33.6 Å². The first-order chi connectivity index (χ1) is 32.2. The fourth-order valence-electron chi connectivity index (χ4n) is 7.24. The average molecular weight is 942 g/mol. The predicted molar refractivity (Wildman–Crippen MR) is 253 cm³/mol. The molecule has 1 aliphatic rings. The van der Waals surface area contributed by atoms with Crippen LogP contribution in [-0.4, -0.2) is 86.3 Å². The first-order valence-electron chi connectivity index (χ1n) is 22.0. The number of phenolic OH excluding ortho intramolecular Hbond substituents is 1. The van der Waals surface area contributed by atoms with Crippen molar-refractivity contribution in [3.05, 3.63) is 125 Å². The lowest BCUT2D eigenvalue weighted by Gasteiger charge is -2.28. The number of halogens is 1. The first-order valence-corrected chi connectivity index (χ1v) is 23.5. The molecule has 0 fully saturated rings. The molecule has 16 nitrogen and oxygen atoms in total. The number of rotatable bonds is 22. The van der Waals surface area contributed by atoms with Gasteiger partial charge in [0.25, 0.3) is 11.8 Å². The molecule has 0 aliphatic carbocycles. The molecule has 18 heteroatoms. The normalized spacial score (nSPS) is 14.0. The molecule has 2 atom stereocenters. The number of pyridine rings is 1. The molecular weight excluding hydrogens is 886 g/mol. The van der Waals surface area contributed by atoms with E-state index >= 15 is 0 Å². The zero-order valence-electron chi connectivity index (χ0n) is 37.5. The van der Waals surface area contributed by atoms with Crippen LogP contribution in [0.3, 0.4) is 0 Å². The SMILES string of the molecule is CCCc1c(OCCCOc2cc(O)c(-c3ccc(F)cc3)cc2CC)ccc2c1OC(C(=O)NCCCOC(=O)C(C)NC(=O)c1ccc(N/N=C/c3ccccc3S(O)(O)O)nc1)CC2. The zero-order valence-corrected chi connectivity index (χ0v) is 38.3. The lowest BCUT2D eigenvalue weighted by Crippen LogP contribution is -2.41. The second-order valence-electron chi connectivity index (χ2n) is 15.7. The summed E-state index contributed by atoms with van der Waals surface area (Å²) >= 11 is 0. The number of benzene rings is 4. The number of carbonyl (C=O) groups excluding carboxylic acids is 3. The number of esters is 1. The number of phenols is 1. The highest BCUT2D eigenvalue weighted by Crippen LogP contribution is 2.45. The smallest absolute Gasteiger partial charge is 0.328 e. The topological polar surface area (TPSA) is 230 Å². The Bertz CT molecular complexity index is 2520. The van der Waals surface area contributed by atoms with Gasteiger partial charge < -0.3 is 48.3 Å². The minimum atomic E-state index is -3.94. The van der Waals surface area contributed by atoms with Gasteiger partial charge in [0, 0.05) is 41.9 Å². The van der Waals surface area contributed by atoms with Crippen molar-refractivity contribution in [3.8, 4) is 34.1 Å². The van der Waals surface area contributed by atoms with Crippen molar-refractivity contribution >= 4 is 40.7 Å². The number of aromatic nitrogens is 1. The third-order valence-electron chi connectivity index (χ3n) is 10.7. The third-order valence-corrected chi connectivity index (χ3v) is 11.7. The summed E-state index contributed by atoms with van der Waals surface area (Å²) in [6.45, 7) is 6.51. The summed E-state index contributed by atoms with van der Waals surface area (Å²) in [6, 6.07) is 21.4. The summed E-state index contributed by atoms with van der Waals surface area (Å²) in [4.78, 5) is 42.7. The van der Waals surface area contributed by atoms with Crippen LogP contribution < -0.4 is 30.3 Å². The summed E-state index contributed by atoms with van der Waals surface area (Å²) in [5, 5.41) is 20.2. The summed E-state index contributed by atoms with van der Waals surface area (Å²) in [5.41, 5.74) is 7.25. The molecule has 1 aliphatic heterocycles. The van der Waals surface area contributed by atoms with E-state index in [2.05, 4.69) is 33.1 Å². The summed E-state index contributed by atoms with van der Waals surface area (Å²) in [6.07, 6.45) is 6.10. The predicted octanol–water partition coefficient (Wildman–Crippen LogP) is 8.55. The summed E-state index contributed by atoms with van der Waals surface area (Å²) in [7, 11) is -3.94. The molecular formula is C49H56FN5O11S. The number of ether oxygens (including phenoxy) is 4. The number of hydrogen-bond donors (Lipinski definition) is 7. The fraction of sp³-hybridized carbons (Fsp3) is 0.327. The van der Waals surface area contributed by atoms with E-state index in [0.717, 1.165) is 23.1 Å². The minimum Gasteiger partial charge on any atom is -0.507 e. The van der Waals surface area contributed by atoms with Gasteiger partial charge in [-0.1, -0.05) is 56.7 Å². The Morgan fingerprint density at radius 3 is 2.43 bits per heavy atom. The lowest BCUT2D eigenvalue weighted by atomic mass is 9.96. The standard InChI is InChI=1S/C49H56FN5O11S/c1-4-10-38-41(63-25-9-26-64-43-28-40(56)39(27-32(43)5-2)33-13-18-37(50)19-14-33)20-15-34-16-21-42(66-46(34)38)48(58)51-23-8-24-65-49(59)31(3)54-47(57)36-17-22-45(52-29-36)55-53-30-35-11-6-7-12-44(35)67(60,61)62/h6-7,11-15,17-20,22,27-31,42,56,60-62H,4-5,8-10,16,21,23-26H2,1-3H3,(H,51,58)(H,52,55)(H,54,57)/b53-30+. The molecule has 4 aromatic carbocycles. The van der Waals surface area contributed by atoms with Crippen LogP contribution in [0.4, 0.5) is 10.2 Å². The number of aromatic hydroxyl groups is 1. The number of nitrogens with one attached hydrogen (secondary N) is 3. The maximum atomic E-state index is 13.5. The molecule has 0 saturated heterocycles. The van der Waals surface area contributed by atoms with E-state index in [1.165, 1.54) is 55.7 Å². The molecule has 2 amide bonds. The molecule has 5 aromatic rings. The van der Waals surface area contributed by atoms with Crippen molar-refractivity contribution in [1.82, 2.24) is 15.6 Å². The van der Waals surface area contributed by atoms with Crippen LogP contribution in [0.15, 0.2) is 101 Å². The van der Waals surface area contributed by atoms with Crippen LogP contribution in [0, 0.1) is 5.82 Å². The van der Waals surface area contributed by atoms with E-state index in [1.54, 1.807) is 30.3 Å². The van der Waals surface area contributed by atoms with Gasteiger partial charge in [-0.25, -0.2) is 14.2 Å². The Morgan fingerprint density at radius 1 is 0.955 bits per heavy atom. The van der Waals surface area contributed by atoms with Crippen LogP contribution in [0.1, 0.15) is 79.1 Å². The quantitative estimate of drug-likeness (QED) is 0.0149. The van der Waals surface area contributed by atoms with Crippen LogP contribution in [0.25, 0.3) is 11.1 Å². The highest BCUT2D eigenvalue weighted by molar-refractivity contribution is 8.19. The van der Waals surface area contributed by atoms with Gasteiger partial charge >= 0.3 is 5.97 Å². The van der Waals surface area contributed by atoms with Crippen molar-refractivity contribution in [3.63, 3.8) is 0 Å². The summed E-state index contributed by atoms with van der Waals surface area (Å²) in [5.74, 6) is 0.413. The highest BCUT2D eigenvalue weighted by atomic mass is 32.3. The monoisotopic (exact) mass is 941 g/mol. The fourth-order valence-corrected chi connectivity index (χ4v) is 7.94. The Balaban J connectivity index is 0.904. The zero-order chi connectivity index (χ0) is 47.9. The van der Waals surface area contributed by atoms with E-state index in [-0.39, 0.29) is 52.5 Å². The van der Waals surface area contributed by atoms with Gasteiger partial charge in [-0.3, -0.25) is 15.0 Å². The maximum Gasteiger partial charge on any atom is 0.328 e. The van der Waals surface area contributed by atoms with Gasteiger partial charge in [0.15, 0.2) is 6.10 Å². The van der Waals surface area contributed by atoms with Gasteiger partial charge in [0.1, 0.15) is 51.5 Å². The molecule has 356 valence electrons. The van der Waals surface area contributed by atoms with E-state index < -0.39 is 34.9 Å². The van der Waals surface area contributed by atoms with Crippen molar-refractivity contribution in [2.45, 2.75) is 82.8 Å². The average Bonchev–Trinajstić information content (AvgIpc) is 3.32. The second-order valence-corrected chi connectivity index (χ2v) is 17.2. The molecule has 1 aromatic heterocycles. The van der Waals surface area contributed by atoms with Crippen LogP contribution >= 0.6 is 10.9 Å². The minimum absolute atomic E-state index is 0.0101. The van der Waals surface area contributed by atoms with Crippen molar-refractivity contribution in [2.24, 2.45) is 5.10 Å². The molecule has 7 N–H and O–H groups in total. The van der Waals surface area contributed by atoms with Crippen molar-refractivity contribution < 1.29 is 56.5 Å². The van der Waals surface area contributed by atoms with E-state index in [0.29, 0.717) is 80.1 Å². The number of hydrogen-bond acceptors (Lipinski definition) is 14. The highest BCUT2D eigenvalue weighted by Gasteiger charge is 2.29. The van der Waals surface area contributed by atoms with E-state index in [9.17, 15) is 37.5 Å². The Morgan fingerprint density at radius 2 is 1.72 bits per heavy atom. The Labute approximate surface area is 390 Å². The maximum absolute atomic E-state index is 13.5. The van der Waals surface area contributed by atoms with Gasteiger partial charge in [-0.05, 0) is 98.2 Å². The van der Waals surface area contributed by atoms with Crippen molar-refractivity contribution in [1.29, 1.82) is 0 Å². The number of anilines is 1. The molecule has 6 rings (SSSR count). The number of nitrogens with zero attached hydrogens (tertiary/aromatic N) is 2. The second kappa shape index (κ2) is 23.6. The molecule has 0 radical (unpaired) electrons. The number of hydrazone groups is 1. The van der Waals surface area contributed by atoms with E-state index in [1.807, 2.05) is 25.1 Å². The van der Waals surface area contributed by atoms with Crippen LogP contribution in [0.2, 0.25) is 0 Å². The molecule has 0 saturated carbocycles. The third kappa shape index (κ3) is 13.7. The van der Waals surface area contributed by atoms with Gasteiger partial charge in [-0.15, -0.1) is 0 Å². The molecule has 2 heterocycles. The Hall–Kier alpha value is -6.73. The molecule has 67 heavy (non-hydrogen) atoms. The van der Waals surface area contributed by atoms with Crippen molar-refractivity contribution in [2.75, 3.05) is 31.8 Å². The largest absolute Gasteiger partial charge is 0.507 e. The number of amides is 2. The molecule has 2 unspecified atom stereocenters. The summed E-state index contributed by atoms with van der Waals surface area (Å²) < 4.78 is 66.3. The first kappa shape index (κ1) is 49.7. The number of carbonyl (C=O) groups is 3. The van der Waals surface area contributed by atoms with Crippen LogP contribution in [0.5, 0.6) is 23.0 Å². The van der Waals surface area contributed by atoms with Gasteiger partial charge in [0.2, 0.25) is 0 Å². The van der Waals surface area contributed by atoms with Gasteiger partial charge in [0.05, 0.1) is 36.5 Å². The lowest BCUT2D eigenvalue weighted by molar-refractivity contribution is -0.145. The molecule has 0 bridgehead atoms. The number of fused-ring (bicyclic) bond motifs is 1. The van der Waals surface area contributed by atoms with E-state index in [4.69, 9.17) is 18.9 Å². The number of aryl methyl sites for hydroxylation is 2. The molecule has 0 spiro atoms. The Kier molecular flexibility index (Phi) is 17.5.